The van der Waals surface area contributed by atoms with Crippen LogP contribution in [-0.2, 0) is 19.1 Å². The molecule has 0 radical (unpaired) electrons. The van der Waals surface area contributed by atoms with Gasteiger partial charge in [0.05, 0.1) is 25.1 Å². The highest BCUT2D eigenvalue weighted by Gasteiger charge is 2.55. The molecule has 0 bridgehead atoms. The van der Waals surface area contributed by atoms with Crippen LogP contribution in [0.3, 0.4) is 0 Å². The van der Waals surface area contributed by atoms with Crippen molar-refractivity contribution in [2.24, 2.45) is 5.41 Å². The predicted molar refractivity (Wildman–Crippen MR) is 93.8 cm³/mol. The van der Waals surface area contributed by atoms with Gasteiger partial charge in [0.15, 0.2) is 0 Å². The molecule has 3 aliphatic heterocycles. The molecule has 3 heterocycles. The first-order chi connectivity index (χ1) is 13.3. The maximum absolute atomic E-state index is 14.5. The summed E-state index contributed by atoms with van der Waals surface area (Å²) in [5, 5.41) is 0. The molecule has 1 spiro atoms. The van der Waals surface area contributed by atoms with Crippen molar-refractivity contribution in [1.82, 2.24) is 14.7 Å². The molecule has 3 fully saturated rings. The SMILES string of the molecule is COCCN1CCCC2(CN(C(=O)CCN3CCOC3=O)CC(F)(F)C2)C1=O. The van der Waals surface area contributed by atoms with Crippen molar-refractivity contribution >= 4 is 17.9 Å². The zero-order valence-corrected chi connectivity index (χ0v) is 16.1. The minimum absolute atomic E-state index is 0.00577. The number of alkyl halides is 2. The van der Waals surface area contributed by atoms with Gasteiger partial charge in [0.1, 0.15) is 6.61 Å². The Hall–Kier alpha value is -1.97. The monoisotopic (exact) mass is 403 g/mol. The Balaban J connectivity index is 1.68. The summed E-state index contributed by atoms with van der Waals surface area (Å²) in [6.07, 6.45) is -0.141. The molecule has 158 valence electrons. The predicted octanol–water partition coefficient (Wildman–Crippen LogP) is 0.952. The van der Waals surface area contributed by atoms with Crippen LogP contribution < -0.4 is 0 Å². The van der Waals surface area contributed by atoms with Crippen LogP contribution in [-0.4, -0.2) is 98.1 Å². The fourth-order valence-corrected chi connectivity index (χ4v) is 4.38. The van der Waals surface area contributed by atoms with E-state index < -0.39 is 36.3 Å². The number of halogens is 2. The Bertz CT molecular complexity index is 632. The van der Waals surface area contributed by atoms with E-state index in [1.165, 1.54) is 12.0 Å². The third-order valence-corrected chi connectivity index (χ3v) is 5.70. The molecule has 0 aromatic heterocycles. The number of carbonyl (C=O) groups is 3. The lowest BCUT2D eigenvalue weighted by Gasteiger charge is -2.49. The molecule has 1 atom stereocenters. The highest BCUT2D eigenvalue weighted by atomic mass is 19.3. The molecule has 3 saturated heterocycles. The summed E-state index contributed by atoms with van der Waals surface area (Å²) in [6.45, 7) is 1.29. The molecule has 0 saturated carbocycles. The van der Waals surface area contributed by atoms with Gasteiger partial charge in [-0.3, -0.25) is 9.59 Å². The van der Waals surface area contributed by atoms with Gasteiger partial charge in [-0.1, -0.05) is 0 Å². The van der Waals surface area contributed by atoms with Crippen LogP contribution in [0.5, 0.6) is 0 Å². The second-order valence-electron chi connectivity index (χ2n) is 7.80. The number of rotatable bonds is 6. The van der Waals surface area contributed by atoms with E-state index in [1.807, 2.05) is 0 Å². The van der Waals surface area contributed by atoms with Crippen molar-refractivity contribution in [1.29, 1.82) is 0 Å². The van der Waals surface area contributed by atoms with E-state index >= 15 is 0 Å². The van der Waals surface area contributed by atoms with Crippen LogP contribution in [0.25, 0.3) is 0 Å². The smallest absolute Gasteiger partial charge is 0.409 e. The summed E-state index contributed by atoms with van der Waals surface area (Å²) in [4.78, 5) is 41.1. The van der Waals surface area contributed by atoms with Crippen LogP contribution in [0.4, 0.5) is 13.6 Å². The Morgan fingerprint density at radius 1 is 1.18 bits per heavy atom. The first-order valence-electron chi connectivity index (χ1n) is 9.62. The van der Waals surface area contributed by atoms with Crippen molar-refractivity contribution in [3.05, 3.63) is 0 Å². The number of carbonyl (C=O) groups excluding carboxylic acids is 3. The first kappa shape index (κ1) is 20.8. The van der Waals surface area contributed by atoms with Crippen LogP contribution in [0.15, 0.2) is 0 Å². The lowest BCUT2D eigenvalue weighted by molar-refractivity contribution is -0.175. The van der Waals surface area contributed by atoms with Crippen molar-refractivity contribution in [2.45, 2.75) is 31.6 Å². The van der Waals surface area contributed by atoms with E-state index in [-0.39, 0.29) is 32.0 Å². The number of methoxy groups -OCH3 is 1. The number of nitrogens with zero attached hydrogens (tertiary/aromatic N) is 3. The van der Waals surface area contributed by atoms with E-state index in [0.717, 1.165) is 4.90 Å². The van der Waals surface area contributed by atoms with Gasteiger partial charge in [0, 0.05) is 46.1 Å². The normalized spacial score (nSPS) is 27.5. The number of amides is 3. The number of hydrogen-bond acceptors (Lipinski definition) is 5. The molecule has 3 amide bonds. The average molecular weight is 403 g/mol. The summed E-state index contributed by atoms with van der Waals surface area (Å²) >= 11 is 0. The summed E-state index contributed by atoms with van der Waals surface area (Å²) in [7, 11) is 1.52. The minimum Gasteiger partial charge on any atom is -0.448 e. The molecule has 10 heteroatoms. The molecule has 28 heavy (non-hydrogen) atoms. The average Bonchev–Trinajstić information content (AvgIpc) is 3.04. The molecule has 0 aromatic carbocycles. The van der Waals surface area contributed by atoms with Gasteiger partial charge in [-0.15, -0.1) is 0 Å². The zero-order chi connectivity index (χ0) is 20.4. The van der Waals surface area contributed by atoms with E-state index in [1.54, 1.807) is 4.90 Å². The van der Waals surface area contributed by atoms with E-state index in [0.29, 0.717) is 39.1 Å². The van der Waals surface area contributed by atoms with E-state index in [9.17, 15) is 23.2 Å². The molecule has 1 unspecified atom stereocenters. The lowest BCUT2D eigenvalue weighted by Crippen LogP contribution is -2.62. The van der Waals surface area contributed by atoms with Crippen molar-refractivity contribution < 1.29 is 32.6 Å². The highest BCUT2D eigenvalue weighted by molar-refractivity contribution is 5.86. The Morgan fingerprint density at radius 3 is 2.64 bits per heavy atom. The molecule has 3 aliphatic rings. The molecular formula is C18H27F2N3O5. The quantitative estimate of drug-likeness (QED) is 0.660. The number of likely N-dealkylation sites (tertiary alicyclic amines) is 2. The van der Waals surface area contributed by atoms with Gasteiger partial charge < -0.3 is 24.2 Å². The molecule has 0 aromatic rings. The van der Waals surface area contributed by atoms with Gasteiger partial charge >= 0.3 is 6.09 Å². The maximum Gasteiger partial charge on any atom is 0.409 e. The summed E-state index contributed by atoms with van der Waals surface area (Å²) < 4.78 is 38.9. The van der Waals surface area contributed by atoms with Gasteiger partial charge in [-0.05, 0) is 12.8 Å². The first-order valence-corrected chi connectivity index (χ1v) is 9.62. The number of hydrogen-bond donors (Lipinski definition) is 0. The zero-order valence-electron chi connectivity index (χ0n) is 16.1. The highest BCUT2D eigenvalue weighted by Crippen LogP contribution is 2.45. The van der Waals surface area contributed by atoms with Crippen molar-refractivity contribution in [3.8, 4) is 0 Å². The molecule has 0 aliphatic carbocycles. The Morgan fingerprint density at radius 2 is 1.96 bits per heavy atom. The Labute approximate surface area is 162 Å². The Kier molecular flexibility index (Phi) is 6.07. The van der Waals surface area contributed by atoms with Crippen molar-refractivity contribution in [3.63, 3.8) is 0 Å². The molecular weight excluding hydrogens is 376 g/mol. The number of ether oxygens (including phenoxy) is 2. The number of piperidine rings is 2. The lowest BCUT2D eigenvalue weighted by atomic mass is 9.71. The third-order valence-electron chi connectivity index (χ3n) is 5.70. The van der Waals surface area contributed by atoms with Crippen LogP contribution in [0.1, 0.15) is 25.7 Å². The largest absolute Gasteiger partial charge is 0.448 e. The molecule has 3 rings (SSSR count). The number of cyclic esters (lactones) is 1. The van der Waals surface area contributed by atoms with Crippen LogP contribution >= 0.6 is 0 Å². The van der Waals surface area contributed by atoms with E-state index in [2.05, 4.69) is 0 Å². The fraction of sp³-hybridized carbons (Fsp3) is 0.833. The summed E-state index contributed by atoms with van der Waals surface area (Å²) in [5.41, 5.74) is -1.25. The second kappa shape index (κ2) is 8.18. The van der Waals surface area contributed by atoms with Gasteiger partial charge in [-0.2, -0.15) is 0 Å². The molecule has 8 nitrogen and oxygen atoms in total. The maximum atomic E-state index is 14.5. The van der Waals surface area contributed by atoms with Crippen LogP contribution in [0.2, 0.25) is 0 Å². The standard InChI is InChI=1S/C18H27F2N3O5/c1-27-9-7-21-5-2-4-17(15(21)25)11-18(19,20)13-23(12-17)14(24)3-6-22-8-10-28-16(22)26/h2-13H2,1H3. The summed E-state index contributed by atoms with van der Waals surface area (Å²) in [5.74, 6) is -3.92. The molecule has 0 N–H and O–H groups in total. The van der Waals surface area contributed by atoms with E-state index in [4.69, 9.17) is 9.47 Å². The van der Waals surface area contributed by atoms with Crippen molar-refractivity contribution in [2.75, 3.05) is 59.6 Å². The second-order valence-corrected chi connectivity index (χ2v) is 7.80. The third kappa shape index (κ3) is 4.37. The van der Waals surface area contributed by atoms with Gasteiger partial charge in [-0.25, -0.2) is 13.6 Å². The van der Waals surface area contributed by atoms with Gasteiger partial charge in [0.25, 0.3) is 5.92 Å². The minimum atomic E-state index is -3.12. The topological polar surface area (TPSA) is 79.4 Å². The van der Waals surface area contributed by atoms with Crippen LogP contribution in [0, 0.1) is 5.41 Å². The fourth-order valence-electron chi connectivity index (χ4n) is 4.38. The van der Waals surface area contributed by atoms with Gasteiger partial charge in [0.2, 0.25) is 11.8 Å². The summed E-state index contributed by atoms with van der Waals surface area (Å²) in [6, 6.07) is 0.